The van der Waals surface area contributed by atoms with E-state index >= 15 is 0 Å². The molecule has 0 saturated carbocycles. The zero-order chi connectivity index (χ0) is 13.8. The van der Waals surface area contributed by atoms with Crippen LogP contribution < -0.4 is 10.1 Å². The molecule has 0 radical (unpaired) electrons. The van der Waals surface area contributed by atoms with Crippen LogP contribution in [0.2, 0.25) is 0 Å². The van der Waals surface area contributed by atoms with Gasteiger partial charge in [0.1, 0.15) is 5.75 Å². The van der Waals surface area contributed by atoms with E-state index < -0.39 is 0 Å². The largest absolute Gasteiger partial charge is 0.493 e. The van der Waals surface area contributed by atoms with Gasteiger partial charge in [0.2, 0.25) is 0 Å². The number of para-hydroxylation sites is 1. The van der Waals surface area contributed by atoms with Crippen molar-refractivity contribution in [2.75, 3.05) is 13.2 Å². The van der Waals surface area contributed by atoms with Gasteiger partial charge in [-0.1, -0.05) is 25.1 Å². The summed E-state index contributed by atoms with van der Waals surface area (Å²) >= 11 is 0. The number of hydrogen-bond acceptors (Lipinski definition) is 3. The van der Waals surface area contributed by atoms with E-state index in [1.807, 2.05) is 18.4 Å². The second-order valence-corrected chi connectivity index (χ2v) is 5.38. The van der Waals surface area contributed by atoms with Crippen LogP contribution in [-0.4, -0.2) is 19.2 Å². The molecule has 1 aromatic heterocycles. The van der Waals surface area contributed by atoms with Crippen molar-refractivity contribution in [1.29, 1.82) is 0 Å². The number of rotatable bonds is 5. The van der Waals surface area contributed by atoms with Crippen molar-refractivity contribution in [1.82, 2.24) is 5.32 Å². The molecular formula is C17H21NO2. The Labute approximate surface area is 119 Å². The maximum atomic E-state index is 5.92. The monoisotopic (exact) mass is 271 g/mol. The van der Waals surface area contributed by atoms with Crippen LogP contribution in [0.15, 0.2) is 47.3 Å². The van der Waals surface area contributed by atoms with Gasteiger partial charge in [0.15, 0.2) is 0 Å². The maximum absolute atomic E-state index is 5.92. The highest BCUT2D eigenvalue weighted by molar-refractivity contribution is 5.35. The van der Waals surface area contributed by atoms with Gasteiger partial charge in [-0.25, -0.2) is 0 Å². The molecule has 0 fully saturated rings. The van der Waals surface area contributed by atoms with Crippen molar-refractivity contribution in [2.45, 2.75) is 25.8 Å². The first-order valence-electron chi connectivity index (χ1n) is 7.32. The van der Waals surface area contributed by atoms with Gasteiger partial charge in [0, 0.05) is 12.0 Å². The fourth-order valence-corrected chi connectivity index (χ4v) is 2.94. The molecule has 1 aliphatic rings. The Balaban J connectivity index is 1.72. The Morgan fingerprint density at radius 1 is 1.30 bits per heavy atom. The molecule has 2 atom stereocenters. The van der Waals surface area contributed by atoms with E-state index in [0.29, 0.717) is 12.0 Å². The highest BCUT2D eigenvalue weighted by atomic mass is 16.5. The summed E-state index contributed by atoms with van der Waals surface area (Å²) in [6.07, 6.45) is 5.64. The molecule has 3 heteroatoms. The standard InChI is InChI=1S/C17H21NO2/c1-2-18-16(9-13-7-8-19-11-13)15-10-14-5-3-4-6-17(14)20-12-15/h3-8,11,15-16,18H,2,9-10,12H2,1H3. The van der Waals surface area contributed by atoms with Crippen LogP contribution >= 0.6 is 0 Å². The van der Waals surface area contributed by atoms with E-state index in [2.05, 4.69) is 30.4 Å². The molecule has 1 N–H and O–H groups in total. The van der Waals surface area contributed by atoms with Crippen LogP contribution in [0.4, 0.5) is 0 Å². The molecule has 3 rings (SSSR count). The number of hydrogen-bond donors (Lipinski definition) is 1. The summed E-state index contributed by atoms with van der Waals surface area (Å²) in [5.41, 5.74) is 2.56. The molecule has 2 aromatic rings. The Kier molecular flexibility index (Phi) is 4.07. The molecule has 106 valence electrons. The molecule has 0 spiro atoms. The molecule has 20 heavy (non-hydrogen) atoms. The number of furan rings is 1. The lowest BCUT2D eigenvalue weighted by molar-refractivity contribution is 0.184. The molecule has 2 unspecified atom stereocenters. The molecule has 2 heterocycles. The predicted octanol–water partition coefficient (Wildman–Crippen LogP) is 3.05. The van der Waals surface area contributed by atoms with Crippen LogP contribution in [0, 0.1) is 5.92 Å². The zero-order valence-electron chi connectivity index (χ0n) is 11.8. The maximum Gasteiger partial charge on any atom is 0.122 e. The summed E-state index contributed by atoms with van der Waals surface area (Å²) < 4.78 is 11.1. The first-order valence-corrected chi connectivity index (χ1v) is 7.32. The normalized spacial score (nSPS) is 19.1. The Bertz CT molecular complexity index is 536. The quantitative estimate of drug-likeness (QED) is 0.907. The van der Waals surface area contributed by atoms with Gasteiger partial charge < -0.3 is 14.5 Å². The van der Waals surface area contributed by atoms with E-state index in [-0.39, 0.29) is 0 Å². The molecule has 1 aromatic carbocycles. The van der Waals surface area contributed by atoms with E-state index in [1.54, 1.807) is 6.26 Å². The average Bonchev–Trinajstić information content (AvgIpc) is 2.99. The summed E-state index contributed by atoms with van der Waals surface area (Å²) in [6.45, 7) is 3.91. The molecule has 0 saturated heterocycles. The number of ether oxygens (including phenoxy) is 1. The van der Waals surface area contributed by atoms with Crippen LogP contribution in [-0.2, 0) is 12.8 Å². The molecule has 0 aliphatic carbocycles. The summed E-state index contributed by atoms with van der Waals surface area (Å²) in [4.78, 5) is 0. The highest BCUT2D eigenvalue weighted by Gasteiger charge is 2.27. The Morgan fingerprint density at radius 2 is 2.20 bits per heavy atom. The molecule has 0 amide bonds. The minimum absolute atomic E-state index is 0.422. The Hall–Kier alpha value is -1.74. The number of benzene rings is 1. The summed E-state index contributed by atoms with van der Waals surface area (Å²) in [5, 5.41) is 3.60. The molecule has 3 nitrogen and oxygen atoms in total. The number of nitrogens with one attached hydrogen (secondary N) is 1. The van der Waals surface area contributed by atoms with Gasteiger partial charge in [-0.3, -0.25) is 0 Å². The molecular weight excluding hydrogens is 250 g/mol. The van der Waals surface area contributed by atoms with Crippen LogP contribution in [0.3, 0.4) is 0 Å². The first-order chi connectivity index (χ1) is 9.86. The second kappa shape index (κ2) is 6.14. The lowest BCUT2D eigenvalue weighted by atomic mass is 9.87. The van der Waals surface area contributed by atoms with Crippen molar-refractivity contribution in [3.63, 3.8) is 0 Å². The van der Waals surface area contributed by atoms with Crippen molar-refractivity contribution >= 4 is 0 Å². The van der Waals surface area contributed by atoms with Gasteiger partial charge in [-0.15, -0.1) is 0 Å². The third kappa shape index (κ3) is 2.88. The highest BCUT2D eigenvalue weighted by Crippen LogP contribution is 2.29. The number of likely N-dealkylation sites (N-methyl/N-ethyl adjacent to an activating group) is 1. The molecule has 1 aliphatic heterocycles. The van der Waals surface area contributed by atoms with Gasteiger partial charge >= 0.3 is 0 Å². The fourth-order valence-electron chi connectivity index (χ4n) is 2.94. The zero-order valence-corrected chi connectivity index (χ0v) is 11.8. The lowest BCUT2D eigenvalue weighted by Gasteiger charge is -2.32. The van der Waals surface area contributed by atoms with E-state index in [4.69, 9.17) is 9.15 Å². The smallest absolute Gasteiger partial charge is 0.122 e. The van der Waals surface area contributed by atoms with E-state index in [0.717, 1.165) is 31.7 Å². The summed E-state index contributed by atoms with van der Waals surface area (Å²) in [7, 11) is 0. The summed E-state index contributed by atoms with van der Waals surface area (Å²) in [5.74, 6) is 1.54. The predicted molar refractivity (Wildman–Crippen MR) is 79.0 cm³/mol. The van der Waals surface area contributed by atoms with Crippen molar-refractivity contribution in [3.05, 3.63) is 54.0 Å². The Morgan fingerprint density at radius 3 is 3.00 bits per heavy atom. The van der Waals surface area contributed by atoms with E-state index in [1.165, 1.54) is 11.1 Å². The van der Waals surface area contributed by atoms with Crippen molar-refractivity contribution in [3.8, 4) is 5.75 Å². The SMILES string of the molecule is CCNC(Cc1ccoc1)C1COc2ccccc2C1. The minimum atomic E-state index is 0.422. The van der Waals surface area contributed by atoms with Gasteiger partial charge in [0.25, 0.3) is 0 Å². The fraction of sp³-hybridized carbons (Fsp3) is 0.412. The number of fused-ring (bicyclic) bond motifs is 1. The lowest BCUT2D eigenvalue weighted by Crippen LogP contribution is -2.43. The topological polar surface area (TPSA) is 34.4 Å². The average molecular weight is 271 g/mol. The van der Waals surface area contributed by atoms with Crippen LogP contribution in [0.5, 0.6) is 5.75 Å². The minimum Gasteiger partial charge on any atom is -0.493 e. The van der Waals surface area contributed by atoms with Crippen molar-refractivity contribution < 1.29 is 9.15 Å². The van der Waals surface area contributed by atoms with Gasteiger partial charge in [-0.2, -0.15) is 0 Å². The molecule has 0 bridgehead atoms. The van der Waals surface area contributed by atoms with Gasteiger partial charge in [-0.05, 0) is 42.6 Å². The van der Waals surface area contributed by atoms with E-state index in [9.17, 15) is 0 Å². The summed E-state index contributed by atoms with van der Waals surface area (Å²) in [6, 6.07) is 10.8. The van der Waals surface area contributed by atoms with Crippen LogP contribution in [0.1, 0.15) is 18.1 Å². The van der Waals surface area contributed by atoms with Crippen molar-refractivity contribution in [2.24, 2.45) is 5.92 Å². The first kappa shape index (κ1) is 13.3. The second-order valence-electron chi connectivity index (χ2n) is 5.38. The van der Waals surface area contributed by atoms with Gasteiger partial charge in [0.05, 0.1) is 19.1 Å². The third-order valence-corrected chi connectivity index (χ3v) is 3.98. The van der Waals surface area contributed by atoms with Crippen LogP contribution in [0.25, 0.3) is 0 Å². The third-order valence-electron chi connectivity index (χ3n) is 3.98.